The first-order chi connectivity index (χ1) is 13.1. The number of hydrogen-bond donors (Lipinski definition) is 0. The van der Waals surface area contributed by atoms with Crippen LogP contribution >= 0.6 is 11.6 Å². The van der Waals surface area contributed by atoms with Gasteiger partial charge in [0.15, 0.2) is 0 Å². The van der Waals surface area contributed by atoms with E-state index in [2.05, 4.69) is 26.7 Å². The molecule has 0 radical (unpaired) electrons. The third kappa shape index (κ3) is 3.84. The molecule has 0 spiro atoms. The van der Waals surface area contributed by atoms with Crippen molar-refractivity contribution in [2.24, 2.45) is 7.05 Å². The minimum absolute atomic E-state index is 0.0893. The number of carbonyl (C=O) groups excluding carboxylic acids is 1. The molecule has 0 saturated carbocycles. The van der Waals surface area contributed by atoms with Crippen LogP contribution in [0.3, 0.4) is 0 Å². The van der Waals surface area contributed by atoms with Crippen molar-refractivity contribution in [3.05, 3.63) is 64.9 Å². The summed E-state index contributed by atoms with van der Waals surface area (Å²) in [6.07, 6.45) is 5.01. The molecule has 5 nitrogen and oxygen atoms in total. The minimum Gasteiger partial charge on any atom is -0.336 e. The van der Waals surface area contributed by atoms with E-state index in [1.54, 1.807) is 24.3 Å². The molecule has 6 heteroatoms. The number of hydrogen-bond acceptors (Lipinski definition) is 3. The number of aromatic nitrogens is 2. The number of fused-ring (bicyclic) bond motifs is 1. The van der Waals surface area contributed by atoms with Crippen molar-refractivity contribution in [3.63, 3.8) is 0 Å². The fraction of sp³-hybridized carbons (Fsp3) is 0.333. The molecule has 1 fully saturated rings. The molecule has 4 rings (SSSR count). The van der Waals surface area contributed by atoms with Gasteiger partial charge >= 0.3 is 0 Å². The molecule has 3 heterocycles. The SMILES string of the molecule is Cn1cc(CCN2CCN(C(=O)c3ccc(Cl)cc3)CC2)c2cccnc21. The molecular weight excluding hydrogens is 360 g/mol. The van der Waals surface area contributed by atoms with Gasteiger partial charge in [0.2, 0.25) is 0 Å². The molecule has 140 valence electrons. The zero-order valence-electron chi connectivity index (χ0n) is 15.4. The zero-order valence-corrected chi connectivity index (χ0v) is 16.2. The number of pyridine rings is 1. The third-order valence-corrected chi connectivity index (χ3v) is 5.52. The summed E-state index contributed by atoms with van der Waals surface area (Å²) >= 11 is 5.91. The largest absolute Gasteiger partial charge is 0.336 e. The van der Waals surface area contributed by atoms with Crippen molar-refractivity contribution < 1.29 is 4.79 Å². The fourth-order valence-corrected chi connectivity index (χ4v) is 3.85. The van der Waals surface area contributed by atoms with E-state index >= 15 is 0 Å². The van der Waals surface area contributed by atoms with Gasteiger partial charge < -0.3 is 9.47 Å². The number of nitrogens with zero attached hydrogens (tertiary/aromatic N) is 4. The highest BCUT2D eigenvalue weighted by Crippen LogP contribution is 2.19. The monoisotopic (exact) mass is 382 g/mol. The molecule has 1 aliphatic rings. The smallest absolute Gasteiger partial charge is 0.253 e. The molecule has 0 atom stereocenters. The van der Waals surface area contributed by atoms with E-state index in [9.17, 15) is 4.79 Å². The lowest BCUT2D eigenvalue weighted by atomic mass is 10.1. The molecule has 1 amide bonds. The summed E-state index contributed by atoms with van der Waals surface area (Å²) in [7, 11) is 2.04. The Bertz CT molecular complexity index is 942. The normalized spacial score (nSPS) is 15.4. The van der Waals surface area contributed by atoms with Crippen LogP contribution in [0.4, 0.5) is 0 Å². The maximum atomic E-state index is 12.6. The van der Waals surface area contributed by atoms with E-state index in [0.29, 0.717) is 10.6 Å². The van der Waals surface area contributed by atoms with E-state index in [4.69, 9.17) is 11.6 Å². The maximum Gasteiger partial charge on any atom is 0.253 e. The molecule has 27 heavy (non-hydrogen) atoms. The number of piperazine rings is 1. The Morgan fingerprint density at radius 1 is 1.11 bits per heavy atom. The first kappa shape index (κ1) is 18.0. The van der Waals surface area contributed by atoms with Crippen LogP contribution in [0.5, 0.6) is 0 Å². The highest BCUT2D eigenvalue weighted by atomic mass is 35.5. The van der Waals surface area contributed by atoms with E-state index in [-0.39, 0.29) is 5.91 Å². The first-order valence-electron chi connectivity index (χ1n) is 9.28. The summed E-state index contributed by atoms with van der Waals surface area (Å²) in [4.78, 5) is 21.4. The van der Waals surface area contributed by atoms with Crippen molar-refractivity contribution in [2.45, 2.75) is 6.42 Å². The van der Waals surface area contributed by atoms with Gasteiger partial charge in [-0.25, -0.2) is 4.98 Å². The number of amides is 1. The Hall–Kier alpha value is -2.37. The fourth-order valence-electron chi connectivity index (χ4n) is 3.72. The van der Waals surface area contributed by atoms with E-state index in [1.807, 2.05) is 24.2 Å². The van der Waals surface area contributed by atoms with Crippen molar-refractivity contribution in [1.29, 1.82) is 0 Å². The second-order valence-corrected chi connectivity index (χ2v) is 7.47. The molecule has 0 bridgehead atoms. The molecule has 2 aromatic heterocycles. The Balaban J connectivity index is 1.33. The summed E-state index contributed by atoms with van der Waals surface area (Å²) < 4.78 is 2.09. The third-order valence-electron chi connectivity index (χ3n) is 5.26. The highest BCUT2D eigenvalue weighted by Gasteiger charge is 2.22. The van der Waals surface area contributed by atoms with Crippen LogP contribution in [0.25, 0.3) is 11.0 Å². The average Bonchev–Trinajstić information content (AvgIpc) is 3.03. The Morgan fingerprint density at radius 3 is 2.59 bits per heavy atom. The van der Waals surface area contributed by atoms with Gasteiger partial charge in [0.05, 0.1) is 0 Å². The van der Waals surface area contributed by atoms with Crippen molar-refractivity contribution in [3.8, 4) is 0 Å². The number of carbonyl (C=O) groups is 1. The number of aryl methyl sites for hydroxylation is 1. The van der Waals surface area contributed by atoms with Crippen LogP contribution in [-0.2, 0) is 13.5 Å². The molecule has 0 unspecified atom stereocenters. The lowest BCUT2D eigenvalue weighted by Crippen LogP contribution is -2.49. The summed E-state index contributed by atoms with van der Waals surface area (Å²) in [6, 6.07) is 11.3. The predicted octanol–water partition coefficient (Wildman–Crippen LogP) is 3.23. The van der Waals surface area contributed by atoms with Gasteiger partial charge in [-0.05, 0) is 48.4 Å². The van der Waals surface area contributed by atoms with Gasteiger partial charge in [0.25, 0.3) is 5.91 Å². The van der Waals surface area contributed by atoms with Gasteiger partial charge in [0.1, 0.15) is 5.65 Å². The predicted molar refractivity (Wildman–Crippen MR) is 108 cm³/mol. The topological polar surface area (TPSA) is 41.4 Å². The lowest BCUT2D eigenvalue weighted by molar-refractivity contribution is 0.0638. The standard InChI is InChI=1S/C21H23ClN4O/c1-24-15-17(19-3-2-9-23-20(19)24)8-10-25-11-13-26(14-12-25)21(27)16-4-6-18(22)7-5-16/h2-7,9,15H,8,10-14H2,1H3. The Labute approximate surface area is 164 Å². The van der Waals surface area contributed by atoms with Crippen molar-refractivity contribution >= 4 is 28.5 Å². The molecule has 0 N–H and O–H groups in total. The van der Waals surface area contributed by atoms with E-state index in [1.165, 1.54) is 10.9 Å². The van der Waals surface area contributed by atoms with Crippen molar-refractivity contribution in [1.82, 2.24) is 19.4 Å². The quantitative estimate of drug-likeness (QED) is 0.695. The molecule has 1 saturated heterocycles. The van der Waals surface area contributed by atoms with Crippen LogP contribution < -0.4 is 0 Å². The molecular formula is C21H23ClN4O. The molecule has 3 aromatic rings. The summed E-state index contributed by atoms with van der Waals surface area (Å²) in [5, 5.41) is 1.89. The highest BCUT2D eigenvalue weighted by molar-refractivity contribution is 6.30. The summed E-state index contributed by atoms with van der Waals surface area (Å²) in [5.74, 6) is 0.0893. The Kier molecular flexibility index (Phi) is 5.14. The average molecular weight is 383 g/mol. The molecule has 1 aliphatic heterocycles. The lowest BCUT2D eigenvalue weighted by Gasteiger charge is -2.34. The van der Waals surface area contributed by atoms with Crippen LogP contribution in [-0.4, -0.2) is 58.0 Å². The number of benzene rings is 1. The second kappa shape index (κ2) is 7.71. The summed E-state index contributed by atoms with van der Waals surface area (Å²) in [5.41, 5.74) is 3.07. The molecule has 1 aromatic carbocycles. The van der Waals surface area contributed by atoms with Crippen LogP contribution in [0, 0.1) is 0 Å². The van der Waals surface area contributed by atoms with Gasteiger partial charge in [0, 0.05) is 68.1 Å². The van der Waals surface area contributed by atoms with Crippen LogP contribution in [0.15, 0.2) is 48.8 Å². The van der Waals surface area contributed by atoms with E-state index in [0.717, 1.165) is 44.8 Å². The first-order valence-corrected chi connectivity index (χ1v) is 9.66. The van der Waals surface area contributed by atoms with Gasteiger partial charge in [-0.1, -0.05) is 11.6 Å². The number of halogens is 1. The van der Waals surface area contributed by atoms with E-state index < -0.39 is 0 Å². The van der Waals surface area contributed by atoms with Crippen molar-refractivity contribution in [2.75, 3.05) is 32.7 Å². The van der Waals surface area contributed by atoms with Crippen LogP contribution in [0.2, 0.25) is 5.02 Å². The van der Waals surface area contributed by atoms with Gasteiger partial charge in [-0.15, -0.1) is 0 Å². The maximum absolute atomic E-state index is 12.6. The zero-order chi connectivity index (χ0) is 18.8. The number of rotatable bonds is 4. The Morgan fingerprint density at radius 2 is 1.85 bits per heavy atom. The van der Waals surface area contributed by atoms with Crippen LogP contribution in [0.1, 0.15) is 15.9 Å². The second-order valence-electron chi connectivity index (χ2n) is 7.03. The van der Waals surface area contributed by atoms with Gasteiger partial charge in [-0.3, -0.25) is 9.69 Å². The summed E-state index contributed by atoms with van der Waals surface area (Å²) in [6.45, 7) is 4.33. The minimum atomic E-state index is 0.0893. The van der Waals surface area contributed by atoms with Gasteiger partial charge in [-0.2, -0.15) is 0 Å². The molecule has 0 aliphatic carbocycles.